The second-order valence-corrected chi connectivity index (χ2v) is 5.19. The number of nitrogens with one attached hydrogen (secondary N) is 1. The predicted molar refractivity (Wildman–Crippen MR) is 69.4 cm³/mol. The van der Waals surface area contributed by atoms with Gasteiger partial charge in [0.2, 0.25) is 0 Å². The number of carboxylic acid groups (broad SMARTS) is 1. The molecule has 2 unspecified atom stereocenters. The number of hydrogen-bond acceptors (Lipinski definition) is 2. The first-order chi connectivity index (χ1) is 8.47. The van der Waals surface area contributed by atoms with E-state index < -0.39 is 12.0 Å². The van der Waals surface area contributed by atoms with Crippen LogP contribution < -0.4 is 5.32 Å². The van der Waals surface area contributed by atoms with Crippen LogP contribution in [0.2, 0.25) is 0 Å². The zero-order valence-corrected chi connectivity index (χ0v) is 11.5. The van der Waals surface area contributed by atoms with Crippen LogP contribution in [0.1, 0.15) is 46.5 Å². The van der Waals surface area contributed by atoms with Crippen molar-refractivity contribution in [3.8, 4) is 0 Å². The molecule has 1 saturated heterocycles. The fraction of sp³-hybridized carbons (Fsp3) is 0.846. The lowest BCUT2D eigenvalue weighted by atomic mass is 9.99. The Morgan fingerprint density at radius 1 is 1.44 bits per heavy atom. The summed E-state index contributed by atoms with van der Waals surface area (Å²) in [6.07, 6.45) is 3.86. The van der Waals surface area contributed by atoms with Gasteiger partial charge in [-0.15, -0.1) is 0 Å². The molecule has 1 heterocycles. The number of aliphatic carboxylic acids is 1. The fourth-order valence-corrected chi connectivity index (χ4v) is 2.30. The maximum atomic E-state index is 12.1. The minimum absolute atomic E-state index is 0.0634. The van der Waals surface area contributed by atoms with Gasteiger partial charge in [-0.1, -0.05) is 20.3 Å². The first-order valence-electron chi connectivity index (χ1n) is 6.77. The minimum atomic E-state index is -0.956. The van der Waals surface area contributed by atoms with Gasteiger partial charge in [-0.2, -0.15) is 0 Å². The Morgan fingerprint density at radius 2 is 2.11 bits per heavy atom. The molecule has 1 fully saturated rings. The predicted octanol–water partition coefficient (Wildman–Crippen LogP) is 2.07. The van der Waals surface area contributed by atoms with Gasteiger partial charge in [-0.25, -0.2) is 9.59 Å². The van der Waals surface area contributed by atoms with Gasteiger partial charge >= 0.3 is 12.0 Å². The van der Waals surface area contributed by atoms with Gasteiger partial charge in [0.25, 0.3) is 0 Å². The zero-order chi connectivity index (χ0) is 13.7. The maximum Gasteiger partial charge on any atom is 0.326 e. The van der Waals surface area contributed by atoms with Crippen molar-refractivity contribution in [2.45, 2.75) is 58.5 Å². The molecule has 5 nitrogen and oxygen atoms in total. The second kappa shape index (κ2) is 6.61. The van der Waals surface area contributed by atoms with Gasteiger partial charge in [-0.3, -0.25) is 0 Å². The van der Waals surface area contributed by atoms with Crippen LogP contribution in [0.15, 0.2) is 0 Å². The number of piperidine rings is 1. The molecule has 5 heteroatoms. The molecule has 0 bridgehead atoms. The Kier molecular flexibility index (Phi) is 5.44. The molecule has 18 heavy (non-hydrogen) atoms. The molecule has 1 aliphatic rings. The Labute approximate surface area is 109 Å². The third kappa shape index (κ3) is 3.62. The highest BCUT2D eigenvalue weighted by Crippen LogP contribution is 2.17. The lowest BCUT2D eigenvalue weighted by molar-refractivity contribution is -0.140. The molecule has 0 spiro atoms. The number of carboxylic acids is 1. The summed E-state index contributed by atoms with van der Waals surface area (Å²) in [7, 11) is 0. The lowest BCUT2D eigenvalue weighted by Crippen LogP contribution is -2.53. The van der Waals surface area contributed by atoms with Gasteiger partial charge in [-0.05, 0) is 32.1 Å². The smallest absolute Gasteiger partial charge is 0.326 e. The first kappa shape index (κ1) is 14.8. The van der Waals surface area contributed by atoms with Crippen molar-refractivity contribution < 1.29 is 14.7 Å². The molecule has 2 N–H and O–H groups in total. The minimum Gasteiger partial charge on any atom is -0.480 e. The topological polar surface area (TPSA) is 69.6 Å². The van der Waals surface area contributed by atoms with Crippen molar-refractivity contribution >= 4 is 12.0 Å². The molecule has 0 radical (unpaired) electrons. The summed E-state index contributed by atoms with van der Waals surface area (Å²) < 4.78 is 0. The molecule has 2 amide bonds. The van der Waals surface area contributed by atoms with Crippen LogP contribution in [0.4, 0.5) is 4.79 Å². The molecule has 3 atom stereocenters. The van der Waals surface area contributed by atoms with E-state index in [1.807, 2.05) is 20.8 Å². The first-order valence-corrected chi connectivity index (χ1v) is 6.77. The summed E-state index contributed by atoms with van der Waals surface area (Å²) in [6.45, 7) is 6.51. The fourth-order valence-electron chi connectivity index (χ4n) is 2.30. The van der Waals surface area contributed by atoms with E-state index in [0.29, 0.717) is 0 Å². The number of nitrogens with zero attached hydrogens (tertiary/aromatic N) is 1. The van der Waals surface area contributed by atoms with E-state index in [4.69, 9.17) is 5.11 Å². The third-order valence-corrected chi connectivity index (χ3v) is 3.82. The quantitative estimate of drug-likeness (QED) is 0.809. The molecule has 104 valence electrons. The molecular weight excluding hydrogens is 232 g/mol. The summed E-state index contributed by atoms with van der Waals surface area (Å²) in [6, 6.07) is -0.836. The van der Waals surface area contributed by atoms with Crippen LogP contribution in [0, 0.1) is 5.92 Å². The Balaban J connectivity index is 2.63. The summed E-state index contributed by atoms with van der Waals surface area (Å²) in [4.78, 5) is 25.0. The van der Waals surface area contributed by atoms with Crippen molar-refractivity contribution in [3.05, 3.63) is 0 Å². The van der Waals surface area contributed by atoms with Crippen LogP contribution in [-0.4, -0.2) is 40.6 Å². The molecule has 0 aromatic heterocycles. The van der Waals surface area contributed by atoms with Crippen molar-refractivity contribution in [2.75, 3.05) is 6.54 Å². The maximum absolute atomic E-state index is 12.1. The van der Waals surface area contributed by atoms with Crippen molar-refractivity contribution in [1.29, 1.82) is 0 Å². The highest BCUT2D eigenvalue weighted by molar-refractivity contribution is 5.83. The average molecular weight is 256 g/mol. The Bertz CT molecular complexity index is 307. The van der Waals surface area contributed by atoms with Crippen LogP contribution in [0.3, 0.4) is 0 Å². The standard InChI is InChI=1S/C13H24N2O3/c1-4-9(2)11(12(16)17)14-13(18)15-8-6-5-7-10(15)3/h9-11H,4-8H2,1-3H3,(H,14,18)(H,16,17)/t9?,10?,11-/m0/s1. The van der Waals surface area contributed by atoms with E-state index in [2.05, 4.69) is 5.32 Å². The molecule has 0 saturated carbocycles. The van der Waals surface area contributed by atoms with Gasteiger partial charge in [0.1, 0.15) is 6.04 Å². The van der Waals surface area contributed by atoms with Gasteiger partial charge in [0.15, 0.2) is 0 Å². The van der Waals surface area contributed by atoms with Crippen LogP contribution in [0.5, 0.6) is 0 Å². The second-order valence-electron chi connectivity index (χ2n) is 5.19. The number of amides is 2. The summed E-state index contributed by atoms with van der Waals surface area (Å²) in [5.74, 6) is -1.02. The molecule has 1 rings (SSSR count). The van der Waals surface area contributed by atoms with Gasteiger partial charge in [0.05, 0.1) is 0 Å². The lowest BCUT2D eigenvalue weighted by Gasteiger charge is -2.34. The Morgan fingerprint density at radius 3 is 2.61 bits per heavy atom. The average Bonchev–Trinajstić information content (AvgIpc) is 2.35. The van der Waals surface area contributed by atoms with Crippen molar-refractivity contribution in [2.24, 2.45) is 5.92 Å². The number of carbonyl (C=O) groups is 2. The normalized spacial score (nSPS) is 23.3. The Hall–Kier alpha value is -1.26. The zero-order valence-electron chi connectivity index (χ0n) is 11.5. The third-order valence-electron chi connectivity index (χ3n) is 3.82. The van der Waals surface area contributed by atoms with E-state index in [1.54, 1.807) is 4.90 Å². The largest absolute Gasteiger partial charge is 0.480 e. The van der Waals surface area contributed by atoms with E-state index in [-0.39, 0.29) is 18.0 Å². The number of likely N-dealkylation sites (tertiary alicyclic amines) is 1. The monoisotopic (exact) mass is 256 g/mol. The van der Waals surface area contributed by atoms with Crippen molar-refractivity contribution in [3.63, 3.8) is 0 Å². The molecule has 1 aliphatic heterocycles. The van der Waals surface area contributed by atoms with Crippen molar-refractivity contribution in [1.82, 2.24) is 10.2 Å². The number of hydrogen-bond donors (Lipinski definition) is 2. The van der Waals surface area contributed by atoms with E-state index >= 15 is 0 Å². The van der Waals surface area contributed by atoms with Crippen LogP contribution in [0.25, 0.3) is 0 Å². The molecule has 0 aromatic rings. The summed E-state index contributed by atoms with van der Waals surface area (Å²) in [5.41, 5.74) is 0. The molecular formula is C13H24N2O3. The van der Waals surface area contributed by atoms with Gasteiger partial charge < -0.3 is 15.3 Å². The molecule has 0 aromatic carbocycles. The highest BCUT2D eigenvalue weighted by atomic mass is 16.4. The summed E-state index contributed by atoms with van der Waals surface area (Å²) in [5, 5.41) is 11.8. The highest BCUT2D eigenvalue weighted by Gasteiger charge is 2.29. The SMILES string of the molecule is CCC(C)[C@H](NC(=O)N1CCCCC1C)C(=O)O. The van der Waals surface area contributed by atoms with Crippen LogP contribution >= 0.6 is 0 Å². The molecule has 0 aliphatic carbocycles. The van der Waals surface area contributed by atoms with Gasteiger partial charge in [0, 0.05) is 12.6 Å². The van der Waals surface area contributed by atoms with E-state index in [1.165, 1.54) is 0 Å². The number of urea groups is 1. The van der Waals surface area contributed by atoms with E-state index in [0.717, 1.165) is 32.2 Å². The summed E-state index contributed by atoms with van der Waals surface area (Å²) >= 11 is 0. The number of rotatable bonds is 4. The van der Waals surface area contributed by atoms with E-state index in [9.17, 15) is 9.59 Å². The van der Waals surface area contributed by atoms with Crippen LogP contribution in [-0.2, 0) is 4.79 Å². The number of carbonyl (C=O) groups excluding carboxylic acids is 1.